The van der Waals surface area contributed by atoms with Crippen LogP contribution in [0.2, 0.25) is 0 Å². The molecule has 18 heavy (non-hydrogen) atoms. The van der Waals surface area contributed by atoms with E-state index < -0.39 is 27.6 Å². The summed E-state index contributed by atoms with van der Waals surface area (Å²) < 4.78 is 26.2. The van der Waals surface area contributed by atoms with Crippen molar-refractivity contribution in [1.29, 1.82) is 0 Å². The maximum absolute atomic E-state index is 12.0. The minimum Gasteiger partial charge on any atom is -0.478 e. The third kappa shape index (κ3) is 3.29. The van der Waals surface area contributed by atoms with Crippen LogP contribution in [-0.4, -0.2) is 36.2 Å². The van der Waals surface area contributed by atoms with Crippen molar-refractivity contribution in [3.8, 4) is 0 Å². The summed E-state index contributed by atoms with van der Waals surface area (Å²) in [7, 11) is -3.83. The first-order valence-corrected chi connectivity index (χ1v) is 7.46. The lowest BCUT2D eigenvalue weighted by Gasteiger charge is -2.28. The number of aliphatic hydroxyl groups is 1. The number of aliphatic hydroxyl groups excluding tert-OH is 1. The summed E-state index contributed by atoms with van der Waals surface area (Å²) in [5.74, 6) is -1.18. The monoisotopic (exact) mass is 293 g/mol. The van der Waals surface area contributed by atoms with Crippen LogP contribution in [0.15, 0.2) is 15.7 Å². The Morgan fingerprint density at radius 2 is 2.06 bits per heavy atom. The van der Waals surface area contributed by atoms with E-state index in [-0.39, 0.29) is 9.77 Å². The second-order valence-electron chi connectivity index (χ2n) is 4.46. The Labute approximate surface area is 109 Å². The van der Waals surface area contributed by atoms with Gasteiger partial charge in [0, 0.05) is 5.38 Å². The Hall–Kier alpha value is -0.960. The van der Waals surface area contributed by atoms with Crippen LogP contribution in [-0.2, 0) is 10.0 Å². The molecule has 1 aromatic heterocycles. The van der Waals surface area contributed by atoms with E-state index in [9.17, 15) is 18.3 Å². The van der Waals surface area contributed by atoms with Gasteiger partial charge in [-0.2, -0.15) is 0 Å². The molecule has 0 aliphatic carbocycles. The van der Waals surface area contributed by atoms with Crippen molar-refractivity contribution in [1.82, 2.24) is 4.72 Å². The van der Waals surface area contributed by atoms with Gasteiger partial charge in [-0.15, -0.1) is 11.3 Å². The highest BCUT2D eigenvalue weighted by Gasteiger charge is 2.31. The fourth-order valence-electron chi connectivity index (χ4n) is 1.05. The van der Waals surface area contributed by atoms with Crippen LogP contribution in [0, 0.1) is 0 Å². The van der Waals surface area contributed by atoms with E-state index >= 15 is 0 Å². The minimum absolute atomic E-state index is 0.0739. The van der Waals surface area contributed by atoms with E-state index in [4.69, 9.17) is 5.11 Å². The highest BCUT2D eigenvalue weighted by Crippen LogP contribution is 2.22. The quantitative estimate of drug-likeness (QED) is 0.748. The molecule has 6 nitrogen and oxygen atoms in total. The number of hydrogen-bond donors (Lipinski definition) is 3. The normalized spacial score (nSPS) is 14.4. The third-order valence-corrected chi connectivity index (χ3v) is 5.64. The molecule has 1 aromatic rings. The smallest absolute Gasteiger partial charge is 0.336 e. The average molecular weight is 293 g/mol. The van der Waals surface area contributed by atoms with Gasteiger partial charge in [0.25, 0.3) is 10.0 Å². The molecule has 0 aromatic carbocycles. The molecule has 0 saturated heterocycles. The van der Waals surface area contributed by atoms with Crippen LogP contribution < -0.4 is 4.72 Å². The topological polar surface area (TPSA) is 104 Å². The zero-order chi connectivity index (χ0) is 14.1. The summed E-state index contributed by atoms with van der Waals surface area (Å²) in [4.78, 5) is 10.7. The molecular weight excluding hydrogens is 278 g/mol. The SMILES string of the molecule is CC(O)C(C)(C)NS(=O)(=O)c1cc(C(=O)O)cs1. The number of aromatic carboxylic acids is 1. The van der Waals surface area contributed by atoms with E-state index in [1.807, 2.05) is 0 Å². The Morgan fingerprint density at radius 3 is 2.44 bits per heavy atom. The summed E-state index contributed by atoms with van der Waals surface area (Å²) >= 11 is 0.824. The van der Waals surface area contributed by atoms with Crippen LogP contribution in [0.3, 0.4) is 0 Å². The van der Waals surface area contributed by atoms with E-state index in [1.54, 1.807) is 13.8 Å². The predicted octanol–water partition coefficient (Wildman–Crippen LogP) is 0.884. The van der Waals surface area contributed by atoms with E-state index in [1.165, 1.54) is 12.3 Å². The summed E-state index contributed by atoms with van der Waals surface area (Å²) in [6.07, 6.45) is -0.883. The highest BCUT2D eigenvalue weighted by atomic mass is 32.2. The molecule has 0 spiro atoms. The van der Waals surface area contributed by atoms with E-state index in [2.05, 4.69) is 4.72 Å². The Bertz CT molecular complexity index is 544. The number of carbonyl (C=O) groups is 1. The minimum atomic E-state index is -3.83. The largest absolute Gasteiger partial charge is 0.478 e. The van der Waals surface area contributed by atoms with Crippen molar-refractivity contribution in [3.63, 3.8) is 0 Å². The number of carboxylic acids is 1. The number of sulfonamides is 1. The van der Waals surface area contributed by atoms with Crippen molar-refractivity contribution in [3.05, 3.63) is 17.0 Å². The number of hydrogen-bond acceptors (Lipinski definition) is 5. The van der Waals surface area contributed by atoms with Crippen molar-refractivity contribution in [2.24, 2.45) is 0 Å². The third-order valence-electron chi connectivity index (χ3n) is 2.53. The molecule has 0 amide bonds. The van der Waals surface area contributed by atoms with Crippen molar-refractivity contribution in [2.45, 2.75) is 36.6 Å². The van der Waals surface area contributed by atoms with Crippen LogP contribution in [0.25, 0.3) is 0 Å². The number of rotatable bonds is 5. The molecule has 1 rings (SSSR count). The van der Waals surface area contributed by atoms with E-state index in [0.29, 0.717) is 0 Å². The average Bonchev–Trinajstić information content (AvgIpc) is 2.64. The van der Waals surface area contributed by atoms with Crippen molar-refractivity contribution < 1.29 is 23.4 Å². The first-order chi connectivity index (χ1) is 8.06. The molecule has 0 fully saturated rings. The fourth-order valence-corrected chi connectivity index (χ4v) is 3.68. The van der Waals surface area contributed by atoms with Crippen LogP contribution in [0.1, 0.15) is 31.1 Å². The van der Waals surface area contributed by atoms with Gasteiger partial charge >= 0.3 is 5.97 Å². The summed E-state index contributed by atoms with van der Waals surface area (Å²) in [6, 6.07) is 1.09. The lowest BCUT2D eigenvalue weighted by atomic mass is 10.0. The van der Waals surface area contributed by atoms with E-state index in [0.717, 1.165) is 17.4 Å². The predicted molar refractivity (Wildman–Crippen MR) is 67.4 cm³/mol. The molecule has 0 aliphatic heterocycles. The van der Waals surface area contributed by atoms with Gasteiger partial charge in [-0.1, -0.05) is 0 Å². The molecule has 1 atom stereocenters. The number of thiophene rings is 1. The molecule has 1 unspecified atom stereocenters. The standard InChI is InChI=1S/C10H15NO5S2/c1-6(12)10(2,3)11-18(15,16)8-4-7(5-17-8)9(13)14/h4-6,11-12H,1-3H3,(H,13,14). The van der Waals surface area contributed by atoms with Gasteiger partial charge in [0.05, 0.1) is 17.2 Å². The molecule has 3 N–H and O–H groups in total. The summed E-state index contributed by atoms with van der Waals surface area (Å²) in [5, 5.41) is 19.5. The van der Waals surface area contributed by atoms with Gasteiger partial charge in [-0.05, 0) is 26.8 Å². The first-order valence-electron chi connectivity index (χ1n) is 5.10. The van der Waals surface area contributed by atoms with Crippen molar-refractivity contribution >= 4 is 27.3 Å². The lowest BCUT2D eigenvalue weighted by Crippen LogP contribution is -2.50. The Balaban J connectivity index is 3.03. The Kier molecular flexibility index (Phi) is 4.16. The van der Waals surface area contributed by atoms with Crippen LogP contribution in [0.5, 0.6) is 0 Å². The number of carboxylic acid groups (broad SMARTS) is 1. The lowest BCUT2D eigenvalue weighted by molar-refractivity contribution is 0.0697. The molecular formula is C10H15NO5S2. The second-order valence-corrected chi connectivity index (χ2v) is 7.28. The Morgan fingerprint density at radius 1 is 1.50 bits per heavy atom. The molecule has 8 heteroatoms. The molecule has 0 radical (unpaired) electrons. The van der Waals surface area contributed by atoms with Gasteiger partial charge in [0.15, 0.2) is 0 Å². The first kappa shape index (κ1) is 15.1. The van der Waals surface area contributed by atoms with Gasteiger partial charge < -0.3 is 10.2 Å². The summed E-state index contributed by atoms with van der Waals surface area (Å²) in [6.45, 7) is 4.56. The zero-order valence-electron chi connectivity index (χ0n) is 10.2. The van der Waals surface area contributed by atoms with Gasteiger partial charge in [0.1, 0.15) is 4.21 Å². The molecule has 0 saturated carbocycles. The zero-order valence-corrected chi connectivity index (χ0v) is 11.8. The maximum atomic E-state index is 12.0. The molecule has 0 bridgehead atoms. The summed E-state index contributed by atoms with van der Waals surface area (Å²) in [5.41, 5.74) is -1.11. The van der Waals surface area contributed by atoms with Gasteiger partial charge in [-0.25, -0.2) is 17.9 Å². The molecule has 102 valence electrons. The van der Waals surface area contributed by atoms with Crippen LogP contribution >= 0.6 is 11.3 Å². The highest BCUT2D eigenvalue weighted by molar-refractivity contribution is 7.91. The van der Waals surface area contributed by atoms with Gasteiger partial charge in [0.2, 0.25) is 0 Å². The number of nitrogens with one attached hydrogen (secondary N) is 1. The van der Waals surface area contributed by atoms with Crippen molar-refractivity contribution in [2.75, 3.05) is 0 Å². The molecule has 0 aliphatic rings. The maximum Gasteiger partial charge on any atom is 0.336 e. The fraction of sp³-hybridized carbons (Fsp3) is 0.500. The second kappa shape index (κ2) is 4.96. The molecule has 1 heterocycles. The van der Waals surface area contributed by atoms with Gasteiger partial charge in [-0.3, -0.25) is 0 Å². The van der Waals surface area contributed by atoms with Crippen LogP contribution in [0.4, 0.5) is 0 Å².